The molecule has 2 aromatic carbocycles. The number of hydrogen-bond donors (Lipinski definition) is 4. The standard InChI is InChI=1S/C21H18FN3O4.CH4O/c22-15-6-10-17(11-7-15)29-16-8-4-14(5-9-16)18-2-1-3-19(24-18)25-20(27)12-23-21(28)13-26;1-2/h1-11,26H,12-13H2,(H,23,28)(H,24,25,27);2H,1H3. The van der Waals surface area contributed by atoms with Crippen LogP contribution in [0, 0.1) is 5.82 Å². The van der Waals surface area contributed by atoms with Crippen LogP contribution in [0.4, 0.5) is 10.2 Å². The molecule has 8 nitrogen and oxygen atoms in total. The second-order valence-electron chi connectivity index (χ2n) is 5.97. The van der Waals surface area contributed by atoms with Gasteiger partial charge in [-0.3, -0.25) is 9.59 Å². The van der Waals surface area contributed by atoms with E-state index >= 15 is 0 Å². The molecule has 0 saturated carbocycles. The average Bonchev–Trinajstić information content (AvgIpc) is 2.81. The van der Waals surface area contributed by atoms with Crippen molar-refractivity contribution >= 4 is 17.6 Å². The second-order valence-corrected chi connectivity index (χ2v) is 5.97. The van der Waals surface area contributed by atoms with Gasteiger partial charge in [0.2, 0.25) is 11.8 Å². The number of rotatable bonds is 7. The molecule has 0 bridgehead atoms. The van der Waals surface area contributed by atoms with Gasteiger partial charge < -0.3 is 25.6 Å². The summed E-state index contributed by atoms with van der Waals surface area (Å²) in [6.45, 7) is -0.942. The summed E-state index contributed by atoms with van der Waals surface area (Å²) in [5.41, 5.74) is 1.44. The summed E-state index contributed by atoms with van der Waals surface area (Å²) < 4.78 is 18.6. The van der Waals surface area contributed by atoms with Crippen molar-refractivity contribution in [3.05, 3.63) is 72.5 Å². The molecular formula is C22H22FN3O5. The molecule has 31 heavy (non-hydrogen) atoms. The highest BCUT2D eigenvalue weighted by Crippen LogP contribution is 2.25. The topological polar surface area (TPSA) is 121 Å². The maximum atomic E-state index is 13.0. The number of carbonyl (C=O) groups is 2. The van der Waals surface area contributed by atoms with E-state index in [0.29, 0.717) is 23.0 Å². The van der Waals surface area contributed by atoms with E-state index in [1.807, 2.05) is 12.1 Å². The summed E-state index contributed by atoms with van der Waals surface area (Å²) in [5.74, 6) is 0.0166. The smallest absolute Gasteiger partial charge is 0.246 e. The van der Waals surface area contributed by atoms with Crippen molar-refractivity contribution in [2.75, 3.05) is 25.6 Å². The van der Waals surface area contributed by atoms with Gasteiger partial charge in [-0.1, -0.05) is 6.07 Å². The lowest BCUT2D eigenvalue weighted by atomic mass is 10.1. The van der Waals surface area contributed by atoms with E-state index in [9.17, 15) is 14.0 Å². The summed E-state index contributed by atoms with van der Waals surface area (Å²) in [4.78, 5) is 27.2. The van der Waals surface area contributed by atoms with Crippen LogP contribution >= 0.6 is 0 Å². The SMILES string of the molecule is CO.O=C(CO)NCC(=O)Nc1cccc(-c2ccc(Oc3ccc(F)cc3)cc2)n1. The van der Waals surface area contributed by atoms with Crippen molar-refractivity contribution in [1.82, 2.24) is 10.3 Å². The Morgan fingerprint density at radius 2 is 1.55 bits per heavy atom. The highest BCUT2D eigenvalue weighted by Gasteiger charge is 2.07. The third-order valence-corrected chi connectivity index (χ3v) is 3.81. The monoisotopic (exact) mass is 427 g/mol. The van der Waals surface area contributed by atoms with E-state index in [2.05, 4.69) is 15.6 Å². The molecule has 0 radical (unpaired) electrons. The second kappa shape index (κ2) is 12.0. The van der Waals surface area contributed by atoms with E-state index in [0.717, 1.165) is 12.7 Å². The Balaban J connectivity index is 0.00000166. The molecule has 0 aliphatic heterocycles. The first-order valence-electron chi connectivity index (χ1n) is 9.16. The number of aliphatic hydroxyl groups excluding tert-OH is 2. The van der Waals surface area contributed by atoms with Crippen molar-refractivity contribution in [3.8, 4) is 22.8 Å². The summed E-state index contributed by atoms with van der Waals surface area (Å²) in [7, 11) is 1.00. The number of aromatic nitrogens is 1. The molecule has 0 aliphatic carbocycles. The lowest BCUT2D eigenvalue weighted by molar-refractivity contribution is -0.126. The molecule has 3 rings (SSSR count). The number of pyridine rings is 1. The van der Waals surface area contributed by atoms with Crippen molar-refractivity contribution in [3.63, 3.8) is 0 Å². The zero-order valence-corrected chi connectivity index (χ0v) is 16.7. The van der Waals surface area contributed by atoms with Gasteiger partial charge in [-0.05, 0) is 60.7 Å². The van der Waals surface area contributed by atoms with Crippen LogP contribution in [0.3, 0.4) is 0 Å². The Hall–Kier alpha value is -3.82. The van der Waals surface area contributed by atoms with E-state index in [4.69, 9.17) is 14.9 Å². The normalized spacial score (nSPS) is 9.81. The molecule has 3 aromatic rings. The summed E-state index contributed by atoms with van der Waals surface area (Å²) >= 11 is 0. The molecule has 2 amide bonds. The number of halogens is 1. The molecule has 0 spiro atoms. The number of hydrogen-bond acceptors (Lipinski definition) is 6. The number of ether oxygens (including phenoxy) is 1. The highest BCUT2D eigenvalue weighted by molar-refractivity contribution is 5.94. The molecule has 1 heterocycles. The first-order valence-corrected chi connectivity index (χ1v) is 9.16. The van der Waals surface area contributed by atoms with Crippen molar-refractivity contribution in [1.29, 1.82) is 0 Å². The lowest BCUT2D eigenvalue weighted by Gasteiger charge is -2.09. The first-order chi connectivity index (χ1) is 15.0. The van der Waals surface area contributed by atoms with Crippen LogP contribution < -0.4 is 15.4 Å². The lowest BCUT2D eigenvalue weighted by Crippen LogP contribution is -2.34. The van der Waals surface area contributed by atoms with Gasteiger partial charge in [0.25, 0.3) is 0 Å². The van der Waals surface area contributed by atoms with Crippen LogP contribution in [-0.4, -0.2) is 47.3 Å². The van der Waals surface area contributed by atoms with Gasteiger partial charge in [0.15, 0.2) is 0 Å². The van der Waals surface area contributed by atoms with Crippen LogP contribution in [0.5, 0.6) is 11.5 Å². The van der Waals surface area contributed by atoms with Gasteiger partial charge in [0.05, 0.1) is 12.2 Å². The first kappa shape index (κ1) is 23.5. The van der Waals surface area contributed by atoms with Gasteiger partial charge in [-0.2, -0.15) is 0 Å². The quantitative estimate of drug-likeness (QED) is 0.459. The number of amides is 2. The third-order valence-electron chi connectivity index (χ3n) is 3.81. The summed E-state index contributed by atoms with van der Waals surface area (Å²) in [5, 5.41) is 20.5. The third kappa shape index (κ3) is 7.50. The Morgan fingerprint density at radius 3 is 2.16 bits per heavy atom. The van der Waals surface area contributed by atoms with E-state index in [1.54, 1.807) is 42.5 Å². The minimum absolute atomic E-state index is 0.263. The average molecular weight is 427 g/mol. The zero-order valence-electron chi connectivity index (χ0n) is 16.7. The van der Waals surface area contributed by atoms with Crippen molar-refractivity contribution < 1.29 is 28.9 Å². The number of nitrogens with zero attached hydrogens (tertiary/aromatic N) is 1. The number of benzene rings is 2. The largest absolute Gasteiger partial charge is 0.457 e. The minimum Gasteiger partial charge on any atom is -0.457 e. The number of aliphatic hydroxyl groups is 2. The molecule has 162 valence electrons. The zero-order chi connectivity index (χ0) is 22.6. The van der Waals surface area contributed by atoms with Crippen molar-refractivity contribution in [2.24, 2.45) is 0 Å². The fourth-order valence-electron chi connectivity index (χ4n) is 2.42. The summed E-state index contributed by atoms with van der Waals surface area (Å²) in [6, 6.07) is 18.0. The molecule has 0 unspecified atom stereocenters. The van der Waals surface area contributed by atoms with Gasteiger partial charge in [-0.15, -0.1) is 0 Å². The fraction of sp³-hybridized carbons (Fsp3) is 0.136. The van der Waals surface area contributed by atoms with E-state index in [-0.39, 0.29) is 12.4 Å². The summed E-state index contributed by atoms with van der Waals surface area (Å²) in [6.07, 6.45) is 0. The van der Waals surface area contributed by atoms with Crippen LogP contribution in [0.1, 0.15) is 0 Å². The maximum Gasteiger partial charge on any atom is 0.246 e. The minimum atomic E-state index is -0.679. The van der Waals surface area contributed by atoms with Crippen LogP contribution in [-0.2, 0) is 9.59 Å². The van der Waals surface area contributed by atoms with Gasteiger partial charge >= 0.3 is 0 Å². The predicted molar refractivity (Wildman–Crippen MR) is 113 cm³/mol. The van der Waals surface area contributed by atoms with Crippen LogP contribution in [0.15, 0.2) is 66.7 Å². The number of nitrogens with one attached hydrogen (secondary N) is 2. The molecule has 0 fully saturated rings. The Morgan fingerprint density at radius 1 is 0.935 bits per heavy atom. The molecule has 1 aromatic heterocycles. The highest BCUT2D eigenvalue weighted by atomic mass is 19.1. The maximum absolute atomic E-state index is 13.0. The Kier molecular flexibility index (Phi) is 9.09. The molecule has 0 aliphatic rings. The molecule has 4 N–H and O–H groups in total. The predicted octanol–water partition coefficient (Wildman–Crippen LogP) is 2.34. The number of carbonyl (C=O) groups excluding carboxylic acids is 2. The Bertz CT molecular complexity index is 995. The number of anilines is 1. The van der Waals surface area contributed by atoms with Crippen LogP contribution in [0.25, 0.3) is 11.3 Å². The van der Waals surface area contributed by atoms with Crippen molar-refractivity contribution in [2.45, 2.75) is 0 Å². The van der Waals surface area contributed by atoms with E-state index < -0.39 is 18.4 Å². The van der Waals surface area contributed by atoms with Gasteiger partial charge in [-0.25, -0.2) is 9.37 Å². The molecule has 9 heteroatoms. The van der Waals surface area contributed by atoms with Gasteiger partial charge in [0, 0.05) is 12.7 Å². The van der Waals surface area contributed by atoms with E-state index in [1.165, 1.54) is 12.1 Å². The van der Waals surface area contributed by atoms with Crippen LogP contribution in [0.2, 0.25) is 0 Å². The Labute approximate surface area is 178 Å². The van der Waals surface area contributed by atoms with Gasteiger partial charge in [0.1, 0.15) is 29.7 Å². The fourth-order valence-corrected chi connectivity index (χ4v) is 2.42. The molecule has 0 saturated heterocycles. The molecular weight excluding hydrogens is 405 g/mol. The molecule has 0 atom stereocenters.